The van der Waals surface area contributed by atoms with E-state index in [9.17, 15) is 10.1 Å². The number of piperidine rings is 1. The average molecular weight is 327 g/mol. The van der Waals surface area contributed by atoms with Crippen LogP contribution in [0, 0.1) is 22.0 Å². The fraction of sp³-hybridized carbons (Fsp3) is 0.583. The summed E-state index contributed by atoms with van der Waals surface area (Å²) < 4.78 is 0.700. The molecule has 7 heteroatoms. The maximum atomic E-state index is 11.2. The summed E-state index contributed by atoms with van der Waals surface area (Å²) in [4.78, 5) is 16.8. The van der Waals surface area contributed by atoms with Gasteiger partial charge >= 0.3 is 5.69 Å². The lowest BCUT2D eigenvalue weighted by atomic mass is 9.88. The molecule has 1 aromatic rings. The molecule has 2 aliphatic heterocycles. The second kappa shape index (κ2) is 5.05. The molecule has 19 heavy (non-hydrogen) atoms. The van der Waals surface area contributed by atoms with Gasteiger partial charge in [0.1, 0.15) is 11.9 Å². The van der Waals surface area contributed by atoms with Gasteiger partial charge in [-0.05, 0) is 47.3 Å². The summed E-state index contributed by atoms with van der Waals surface area (Å²) in [6.45, 7) is 3.84. The first kappa shape index (κ1) is 12.8. The first-order chi connectivity index (χ1) is 9.16. The minimum atomic E-state index is -0.355. The van der Waals surface area contributed by atoms with E-state index in [2.05, 4.69) is 31.1 Å². The highest BCUT2D eigenvalue weighted by Crippen LogP contribution is 2.38. The highest BCUT2D eigenvalue weighted by atomic mass is 79.9. The number of pyridine rings is 1. The van der Waals surface area contributed by atoms with E-state index in [0.29, 0.717) is 16.1 Å². The van der Waals surface area contributed by atoms with Crippen LogP contribution < -0.4 is 10.2 Å². The van der Waals surface area contributed by atoms with Gasteiger partial charge in [0.25, 0.3) is 0 Å². The van der Waals surface area contributed by atoms with Crippen molar-refractivity contribution in [3.63, 3.8) is 0 Å². The largest absolute Gasteiger partial charge is 0.365 e. The van der Waals surface area contributed by atoms with Gasteiger partial charge in [0.2, 0.25) is 0 Å². The molecule has 2 unspecified atom stereocenters. The summed E-state index contributed by atoms with van der Waals surface area (Å²) in [6, 6.07) is 0. The van der Waals surface area contributed by atoms with Crippen molar-refractivity contribution >= 4 is 27.3 Å². The van der Waals surface area contributed by atoms with Crippen molar-refractivity contribution in [2.24, 2.45) is 11.8 Å². The molecule has 2 saturated heterocycles. The number of rotatable bonds is 2. The van der Waals surface area contributed by atoms with E-state index in [1.165, 1.54) is 6.20 Å². The molecule has 2 atom stereocenters. The summed E-state index contributed by atoms with van der Waals surface area (Å²) in [7, 11) is 0. The number of halogens is 1. The molecular weight excluding hydrogens is 312 g/mol. The zero-order chi connectivity index (χ0) is 13.4. The predicted octanol–water partition coefficient (Wildman–Crippen LogP) is 1.80. The number of fused-ring (bicyclic) bond motifs is 1. The number of aromatic nitrogens is 1. The van der Waals surface area contributed by atoms with E-state index >= 15 is 0 Å². The Labute approximate surface area is 119 Å². The molecule has 2 fully saturated rings. The lowest BCUT2D eigenvalue weighted by Crippen LogP contribution is -2.40. The SMILES string of the molecule is O=[N+]([O-])c1cncc(Br)c1N1CCC2CNCC2C1. The number of nitrogens with zero attached hydrogens (tertiary/aromatic N) is 3. The van der Waals surface area contributed by atoms with Gasteiger partial charge in [0.15, 0.2) is 0 Å². The zero-order valence-corrected chi connectivity index (χ0v) is 12.0. The van der Waals surface area contributed by atoms with Gasteiger partial charge in [-0.3, -0.25) is 15.1 Å². The van der Waals surface area contributed by atoms with Gasteiger partial charge in [0, 0.05) is 19.3 Å². The molecular formula is C12H15BrN4O2. The van der Waals surface area contributed by atoms with Crippen LogP contribution in [0.5, 0.6) is 0 Å². The number of nitro groups is 1. The average Bonchev–Trinajstić information content (AvgIpc) is 2.85. The van der Waals surface area contributed by atoms with Crippen molar-refractivity contribution in [1.29, 1.82) is 0 Å². The van der Waals surface area contributed by atoms with Crippen LogP contribution in [0.1, 0.15) is 6.42 Å². The number of anilines is 1. The minimum Gasteiger partial charge on any atom is -0.365 e. The van der Waals surface area contributed by atoms with Crippen LogP contribution in [0.4, 0.5) is 11.4 Å². The Kier molecular flexibility index (Phi) is 3.40. The first-order valence-corrected chi connectivity index (χ1v) is 7.19. The van der Waals surface area contributed by atoms with Crippen molar-refractivity contribution in [2.45, 2.75) is 6.42 Å². The molecule has 0 spiro atoms. The van der Waals surface area contributed by atoms with Crippen LogP contribution in [0.15, 0.2) is 16.9 Å². The third-order valence-corrected chi connectivity index (χ3v) is 4.65. The molecule has 3 heterocycles. The lowest BCUT2D eigenvalue weighted by molar-refractivity contribution is -0.384. The maximum Gasteiger partial charge on any atom is 0.311 e. The molecule has 0 saturated carbocycles. The minimum absolute atomic E-state index is 0.0822. The molecule has 3 rings (SSSR count). The van der Waals surface area contributed by atoms with Crippen molar-refractivity contribution in [3.8, 4) is 0 Å². The van der Waals surface area contributed by atoms with E-state index < -0.39 is 0 Å². The Morgan fingerprint density at radius 2 is 2.21 bits per heavy atom. The quantitative estimate of drug-likeness (QED) is 0.662. The van der Waals surface area contributed by atoms with E-state index in [4.69, 9.17) is 0 Å². The van der Waals surface area contributed by atoms with Crippen molar-refractivity contribution in [1.82, 2.24) is 10.3 Å². The van der Waals surface area contributed by atoms with Gasteiger partial charge in [0.05, 0.1) is 9.40 Å². The predicted molar refractivity (Wildman–Crippen MR) is 75.3 cm³/mol. The van der Waals surface area contributed by atoms with Gasteiger partial charge in [-0.25, -0.2) is 0 Å². The van der Waals surface area contributed by atoms with Crippen LogP contribution in [0.25, 0.3) is 0 Å². The second-order valence-corrected chi connectivity index (χ2v) is 6.01. The molecule has 0 radical (unpaired) electrons. The number of nitrogens with one attached hydrogen (secondary N) is 1. The highest BCUT2D eigenvalue weighted by Gasteiger charge is 2.35. The molecule has 6 nitrogen and oxygen atoms in total. The van der Waals surface area contributed by atoms with Crippen LogP contribution >= 0.6 is 15.9 Å². The third kappa shape index (κ3) is 2.32. The standard InChI is InChI=1S/C12H15BrN4O2/c13-10-5-15-6-11(17(18)19)12(10)16-2-1-8-3-14-4-9(8)7-16/h5-6,8-9,14H,1-4,7H2. The van der Waals surface area contributed by atoms with E-state index in [1.54, 1.807) is 6.20 Å². The number of hydrogen-bond acceptors (Lipinski definition) is 5. The normalized spacial score (nSPS) is 26.3. The smallest absolute Gasteiger partial charge is 0.311 e. The van der Waals surface area contributed by atoms with Gasteiger partial charge in [-0.1, -0.05) is 0 Å². The van der Waals surface area contributed by atoms with Crippen molar-refractivity contribution < 1.29 is 4.92 Å². The highest BCUT2D eigenvalue weighted by molar-refractivity contribution is 9.10. The Hall–Kier alpha value is -1.21. The molecule has 0 aromatic carbocycles. The summed E-state index contributed by atoms with van der Waals surface area (Å²) in [5.41, 5.74) is 0.754. The van der Waals surface area contributed by atoms with Crippen LogP contribution in [0.2, 0.25) is 0 Å². The lowest BCUT2D eigenvalue weighted by Gasteiger charge is -2.36. The molecule has 102 valence electrons. The molecule has 0 amide bonds. The molecule has 0 aliphatic carbocycles. The van der Waals surface area contributed by atoms with Crippen LogP contribution in [-0.2, 0) is 0 Å². The Morgan fingerprint density at radius 3 is 3.00 bits per heavy atom. The fourth-order valence-corrected chi connectivity index (χ4v) is 3.67. The van der Waals surface area contributed by atoms with Crippen molar-refractivity contribution in [2.75, 3.05) is 31.1 Å². The third-order valence-electron chi connectivity index (χ3n) is 4.07. The zero-order valence-electron chi connectivity index (χ0n) is 10.4. The Balaban J connectivity index is 1.91. The summed E-state index contributed by atoms with van der Waals surface area (Å²) >= 11 is 3.40. The first-order valence-electron chi connectivity index (χ1n) is 6.40. The van der Waals surface area contributed by atoms with Crippen LogP contribution in [0.3, 0.4) is 0 Å². The van der Waals surface area contributed by atoms with Gasteiger partial charge in [-0.2, -0.15) is 0 Å². The molecule has 1 aromatic heterocycles. The number of hydrogen-bond donors (Lipinski definition) is 1. The second-order valence-electron chi connectivity index (χ2n) is 5.16. The molecule has 0 bridgehead atoms. The van der Waals surface area contributed by atoms with Gasteiger partial charge < -0.3 is 10.2 Å². The van der Waals surface area contributed by atoms with Crippen LogP contribution in [-0.4, -0.2) is 36.1 Å². The summed E-state index contributed by atoms with van der Waals surface area (Å²) in [5.74, 6) is 1.31. The monoisotopic (exact) mass is 326 g/mol. The Morgan fingerprint density at radius 1 is 1.42 bits per heavy atom. The maximum absolute atomic E-state index is 11.2. The topological polar surface area (TPSA) is 71.3 Å². The fourth-order valence-electron chi connectivity index (χ4n) is 3.10. The van der Waals surface area contributed by atoms with Crippen molar-refractivity contribution in [3.05, 3.63) is 27.0 Å². The summed E-state index contributed by atoms with van der Waals surface area (Å²) in [6.07, 6.45) is 4.05. The molecule has 2 aliphatic rings. The molecule has 1 N–H and O–H groups in total. The van der Waals surface area contributed by atoms with E-state index in [0.717, 1.165) is 38.5 Å². The van der Waals surface area contributed by atoms with E-state index in [-0.39, 0.29) is 10.6 Å². The van der Waals surface area contributed by atoms with E-state index in [1.807, 2.05) is 0 Å². The van der Waals surface area contributed by atoms with Gasteiger partial charge in [-0.15, -0.1) is 0 Å². The Bertz CT molecular complexity index is 511. The summed E-state index contributed by atoms with van der Waals surface area (Å²) in [5, 5.41) is 14.6.